The molecule has 0 radical (unpaired) electrons. The number of piperidine rings is 1. The number of carbonyl (C=O) groups excluding carboxylic acids is 1. The highest BCUT2D eigenvalue weighted by atomic mass is 19.1. The molecule has 130 valence electrons. The van der Waals surface area contributed by atoms with Gasteiger partial charge in [0.2, 0.25) is 0 Å². The van der Waals surface area contributed by atoms with Gasteiger partial charge >= 0.3 is 6.09 Å². The van der Waals surface area contributed by atoms with Gasteiger partial charge in [0, 0.05) is 25.9 Å². The third kappa shape index (κ3) is 4.38. The first-order chi connectivity index (χ1) is 11.2. The second-order valence-corrected chi connectivity index (χ2v) is 6.96. The van der Waals surface area contributed by atoms with Crippen LogP contribution in [0.2, 0.25) is 0 Å². The minimum absolute atomic E-state index is 0.00761. The molecule has 0 aromatic heterocycles. The highest BCUT2D eigenvalue weighted by Gasteiger charge is 2.28. The van der Waals surface area contributed by atoms with E-state index in [4.69, 9.17) is 9.47 Å². The number of amides is 1. The largest absolute Gasteiger partial charge is 0.486 e. The molecule has 5 nitrogen and oxygen atoms in total. The number of likely N-dealkylation sites (tertiary alicyclic amines) is 1. The molecular weight excluding hydrogens is 311 g/mol. The third-order valence-corrected chi connectivity index (χ3v) is 3.81. The molecule has 6 heteroatoms. The Morgan fingerprint density at radius 3 is 2.50 bits per heavy atom. The van der Waals surface area contributed by atoms with Gasteiger partial charge in [0.1, 0.15) is 17.8 Å². The van der Waals surface area contributed by atoms with Crippen molar-refractivity contribution in [2.75, 3.05) is 13.1 Å². The van der Waals surface area contributed by atoms with Crippen molar-refractivity contribution >= 4 is 6.09 Å². The highest BCUT2D eigenvalue weighted by Crippen LogP contribution is 2.28. The van der Waals surface area contributed by atoms with Crippen molar-refractivity contribution in [1.29, 1.82) is 5.26 Å². The summed E-state index contributed by atoms with van der Waals surface area (Å²) in [5.41, 5.74) is 0.376. The SMILES string of the molecule is Cc1ccc(F)c(OC2CCN(C(=O)OC(C)(C)C)CC2)c1C#N. The van der Waals surface area contributed by atoms with Crippen LogP contribution in [0.25, 0.3) is 0 Å². The van der Waals surface area contributed by atoms with Crippen LogP contribution in [0.4, 0.5) is 9.18 Å². The van der Waals surface area contributed by atoms with E-state index >= 15 is 0 Å². The van der Waals surface area contributed by atoms with Crippen molar-refractivity contribution in [3.05, 3.63) is 29.1 Å². The number of hydrogen-bond donors (Lipinski definition) is 0. The number of ether oxygens (including phenoxy) is 2. The molecule has 0 unspecified atom stereocenters. The van der Waals surface area contributed by atoms with Crippen molar-refractivity contribution < 1.29 is 18.7 Å². The van der Waals surface area contributed by atoms with E-state index in [0.717, 1.165) is 0 Å². The second kappa shape index (κ2) is 7.08. The number of nitrogens with zero attached hydrogens (tertiary/aromatic N) is 2. The van der Waals surface area contributed by atoms with E-state index in [1.165, 1.54) is 6.07 Å². The Balaban J connectivity index is 1.99. The number of halogens is 1. The fourth-order valence-electron chi connectivity index (χ4n) is 2.56. The van der Waals surface area contributed by atoms with Crippen LogP contribution in [-0.2, 0) is 4.74 Å². The average molecular weight is 334 g/mol. The average Bonchev–Trinajstić information content (AvgIpc) is 2.50. The van der Waals surface area contributed by atoms with E-state index in [1.807, 2.05) is 26.8 Å². The molecule has 0 N–H and O–H groups in total. The second-order valence-electron chi connectivity index (χ2n) is 6.96. The van der Waals surface area contributed by atoms with Crippen molar-refractivity contribution in [2.24, 2.45) is 0 Å². The zero-order valence-electron chi connectivity index (χ0n) is 14.6. The molecule has 0 atom stereocenters. The van der Waals surface area contributed by atoms with Gasteiger partial charge in [0.25, 0.3) is 0 Å². The Kier molecular flexibility index (Phi) is 5.33. The van der Waals surface area contributed by atoms with Crippen molar-refractivity contribution in [3.63, 3.8) is 0 Å². The van der Waals surface area contributed by atoms with Crippen molar-refractivity contribution in [3.8, 4) is 11.8 Å². The first-order valence-corrected chi connectivity index (χ1v) is 8.05. The number of benzene rings is 1. The summed E-state index contributed by atoms with van der Waals surface area (Å²) in [5.74, 6) is -0.528. The fourth-order valence-corrected chi connectivity index (χ4v) is 2.56. The quantitative estimate of drug-likeness (QED) is 0.825. The minimum Gasteiger partial charge on any atom is -0.486 e. The standard InChI is InChI=1S/C18H23FN2O3/c1-12-5-6-15(19)16(14(12)11-20)23-13-7-9-21(10-8-13)17(22)24-18(2,3)4/h5-6,13H,7-10H2,1-4H3. The first kappa shape index (κ1) is 18.1. The maximum absolute atomic E-state index is 14.0. The van der Waals surface area contributed by atoms with Crippen LogP contribution in [0, 0.1) is 24.1 Å². The number of hydrogen-bond acceptors (Lipinski definition) is 4. The van der Waals surface area contributed by atoms with Crippen LogP contribution in [0.5, 0.6) is 5.75 Å². The zero-order valence-corrected chi connectivity index (χ0v) is 14.6. The number of aryl methyl sites for hydroxylation is 1. The maximum atomic E-state index is 14.0. The summed E-state index contributed by atoms with van der Waals surface area (Å²) in [4.78, 5) is 13.7. The van der Waals surface area contributed by atoms with Crippen molar-refractivity contribution in [1.82, 2.24) is 4.90 Å². The Morgan fingerprint density at radius 2 is 1.96 bits per heavy atom. The molecule has 1 amide bonds. The van der Waals surface area contributed by atoms with Gasteiger partial charge in [-0.15, -0.1) is 0 Å². The van der Waals surface area contributed by atoms with E-state index in [9.17, 15) is 14.4 Å². The molecule has 1 aliphatic rings. The molecule has 1 saturated heterocycles. The lowest BCUT2D eigenvalue weighted by atomic mass is 10.1. The van der Waals surface area contributed by atoms with Gasteiger partial charge < -0.3 is 14.4 Å². The summed E-state index contributed by atoms with van der Waals surface area (Å²) < 4.78 is 25.1. The summed E-state index contributed by atoms with van der Waals surface area (Å²) in [6.07, 6.45) is 0.558. The number of nitriles is 1. The van der Waals surface area contributed by atoms with Gasteiger partial charge in [-0.25, -0.2) is 9.18 Å². The molecular formula is C18H23FN2O3. The van der Waals surface area contributed by atoms with Gasteiger partial charge in [-0.2, -0.15) is 5.26 Å². The lowest BCUT2D eigenvalue weighted by Gasteiger charge is -2.33. The number of carbonyl (C=O) groups is 1. The van der Waals surface area contributed by atoms with E-state index in [1.54, 1.807) is 17.9 Å². The normalized spacial score (nSPS) is 15.8. The number of rotatable bonds is 2. The Labute approximate surface area is 142 Å². The maximum Gasteiger partial charge on any atom is 0.410 e. The third-order valence-electron chi connectivity index (χ3n) is 3.81. The molecule has 0 aliphatic carbocycles. The summed E-state index contributed by atoms with van der Waals surface area (Å²) in [7, 11) is 0. The lowest BCUT2D eigenvalue weighted by molar-refractivity contribution is 0.0123. The summed E-state index contributed by atoms with van der Waals surface area (Å²) in [6, 6.07) is 4.87. The van der Waals surface area contributed by atoms with E-state index in [-0.39, 0.29) is 23.5 Å². The monoisotopic (exact) mass is 334 g/mol. The van der Waals surface area contributed by atoms with Crippen LogP contribution >= 0.6 is 0 Å². The van der Waals surface area contributed by atoms with E-state index < -0.39 is 11.4 Å². The van der Waals surface area contributed by atoms with Crippen LogP contribution in [0.1, 0.15) is 44.7 Å². The van der Waals surface area contributed by atoms with Crippen LogP contribution in [-0.4, -0.2) is 35.8 Å². The van der Waals surface area contributed by atoms with Crippen LogP contribution in [0.3, 0.4) is 0 Å². The smallest absolute Gasteiger partial charge is 0.410 e. The van der Waals surface area contributed by atoms with E-state index in [2.05, 4.69) is 0 Å². The molecule has 2 rings (SSSR count). The first-order valence-electron chi connectivity index (χ1n) is 8.05. The Bertz CT molecular complexity index is 653. The van der Waals surface area contributed by atoms with Gasteiger partial charge in [0.15, 0.2) is 11.6 Å². The minimum atomic E-state index is -0.535. The van der Waals surface area contributed by atoms with Gasteiger partial charge in [0.05, 0.1) is 5.56 Å². The molecule has 1 fully saturated rings. The van der Waals surface area contributed by atoms with Gasteiger partial charge in [-0.1, -0.05) is 6.07 Å². The van der Waals surface area contributed by atoms with E-state index in [0.29, 0.717) is 31.5 Å². The Morgan fingerprint density at radius 1 is 1.33 bits per heavy atom. The molecule has 1 heterocycles. The molecule has 0 saturated carbocycles. The highest BCUT2D eigenvalue weighted by molar-refractivity contribution is 5.68. The summed E-state index contributed by atoms with van der Waals surface area (Å²) in [6.45, 7) is 8.18. The zero-order chi connectivity index (χ0) is 17.9. The molecule has 0 bridgehead atoms. The van der Waals surface area contributed by atoms with Gasteiger partial charge in [-0.3, -0.25) is 0 Å². The molecule has 1 aliphatic heterocycles. The van der Waals surface area contributed by atoms with Crippen LogP contribution < -0.4 is 4.74 Å². The predicted molar refractivity (Wildman–Crippen MR) is 87.3 cm³/mol. The summed E-state index contributed by atoms with van der Waals surface area (Å²) in [5, 5.41) is 9.21. The van der Waals surface area contributed by atoms with Gasteiger partial charge in [-0.05, 0) is 39.3 Å². The molecule has 0 spiro atoms. The predicted octanol–water partition coefficient (Wildman–Crippen LogP) is 3.78. The van der Waals surface area contributed by atoms with Crippen molar-refractivity contribution in [2.45, 2.75) is 52.2 Å². The topological polar surface area (TPSA) is 62.6 Å². The lowest BCUT2D eigenvalue weighted by Crippen LogP contribution is -2.44. The molecule has 24 heavy (non-hydrogen) atoms. The Hall–Kier alpha value is -2.29. The fraction of sp³-hybridized carbons (Fsp3) is 0.556. The molecule has 1 aromatic rings. The van der Waals surface area contributed by atoms with Crippen LogP contribution in [0.15, 0.2) is 12.1 Å². The molecule has 1 aromatic carbocycles. The summed E-state index contributed by atoms with van der Waals surface area (Å²) >= 11 is 0.